The van der Waals surface area contributed by atoms with Crippen molar-refractivity contribution in [2.24, 2.45) is 0 Å². The molecule has 0 aliphatic rings. The summed E-state index contributed by atoms with van der Waals surface area (Å²) in [5.41, 5.74) is -2.19. The second kappa shape index (κ2) is 5.63. The van der Waals surface area contributed by atoms with Crippen LogP contribution in [0.25, 0.3) is 0 Å². The van der Waals surface area contributed by atoms with E-state index in [9.17, 15) is 27.7 Å². The number of rotatable bonds is 3. The Morgan fingerprint density at radius 1 is 1.09 bits per heavy atom. The Labute approximate surface area is 122 Å². The fourth-order valence-corrected chi connectivity index (χ4v) is 1.78. The van der Waals surface area contributed by atoms with Crippen LogP contribution in [-0.4, -0.2) is 4.92 Å². The van der Waals surface area contributed by atoms with Gasteiger partial charge >= 0.3 is 6.18 Å². The molecule has 0 aliphatic carbocycles. The van der Waals surface area contributed by atoms with Gasteiger partial charge in [0.05, 0.1) is 11.0 Å². The van der Waals surface area contributed by atoms with Crippen LogP contribution in [0.1, 0.15) is 11.1 Å². The molecule has 0 spiro atoms. The van der Waals surface area contributed by atoms with Gasteiger partial charge in [-0.3, -0.25) is 10.1 Å². The third-order valence-electron chi connectivity index (χ3n) is 2.84. The highest BCUT2D eigenvalue weighted by atomic mass is 19.4. The maximum Gasteiger partial charge on any atom is 0.423 e. The number of nitro benzene ring substituents is 1. The minimum Gasteiger partial charge on any atom is -0.457 e. The Kier molecular flexibility index (Phi) is 4.03. The molecule has 0 fully saturated rings. The third kappa shape index (κ3) is 3.33. The van der Waals surface area contributed by atoms with Gasteiger partial charge in [0, 0.05) is 0 Å². The fourth-order valence-electron chi connectivity index (χ4n) is 1.78. The number of aryl methyl sites for hydroxylation is 1. The summed E-state index contributed by atoms with van der Waals surface area (Å²) in [4.78, 5) is 9.64. The van der Waals surface area contributed by atoms with Crippen molar-refractivity contribution in [1.82, 2.24) is 0 Å². The number of hydrogen-bond acceptors (Lipinski definition) is 3. The summed E-state index contributed by atoms with van der Waals surface area (Å²) in [5, 5.41) is 10.8. The van der Waals surface area contributed by atoms with Gasteiger partial charge in [-0.1, -0.05) is 0 Å². The maximum atomic E-state index is 13.1. The van der Waals surface area contributed by atoms with E-state index in [1.165, 1.54) is 19.1 Å². The second-order valence-electron chi connectivity index (χ2n) is 4.45. The highest BCUT2D eigenvalue weighted by Gasteiger charge is 2.38. The monoisotopic (exact) mass is 315 g/mol. The molecule has 0 bridgehead atoms. The van der Waals surface area contributed by atoms with Gasteiger partial charge in [0.25, 0.3) is 5.69 Å². The molecule has 2 aromatic carbocycles. The molecule has 0 atom stereocenters. The van der Waals surface area contributed by atoms with Crippen LogP contribution in [0.2, 0.25) is 0 Å². The average molecular weight is 315 g/mol. The van der Waals surface area contributed by atoms with Crippen molar-refractivity contribution < 1.29 is 27.2 Å². The number of benzene rings is 2. The van der Waals surface area contributed by atoms with Crippen molar-refractivity contribution in [2.75, 3.05) is 0 Å². The summed E-state index contributed by atoms with van der Waals surface area (Å²) >= 11 is 0. The topological polar surface area (TPSA) is 52.4 Å². The van der Waals surface area contributed by atoms with Gasteiger partial charge < -0.3 is 4.74 Å². The van der Waals surface area contributed by atoms with Gasteiger partial charge in [-0.05, 0) is 42.8 Å². The standard InChI is InChI=1S/C14H9F4NO3/c1-8-6-9(3-5-12(8)15)22-10-2-4-11(14(16,17)18)13(7-10)19(20)21/h2-7H,1H3. The molecule has 4 nitrogen and oxygen atoms in total. The van der Waals surface area contributed by atoms with Gasteiger partial charge in [0.15, 0.2) is 0 Å². The molecule has 8 heteroatoms. The van der Waals surface area contributed by atoms with Crippen LogP contribution in [0.4, 0.5) is 23.2 Å². The lowest BCUT2D eigenvalue weighted by Gasteiger charge is -2.10. The highest BCUT2D eigenvalue weighted by Crippen LogP contribution is 2.38. The van der Waals surface area contributed by atoms with Gasteiger partial charge in [-0.15, -0.1) is 0 Å². The van der Waals surface area contributed by atoms with Crippen molar-refractivity contribution in [1.29, 1.82) is 0 Å². The Morgan fingerprint density at radius 3 is 2.23 bits per heavy atom. The summed E-state index contributed by atoms with van der Waals surface area (Å²) in [6, 6.07) is 5.95. The van der Waals surface area contributed by atoms with Crippen molar-refractivity contribution in [3.05, 3.63) is 63.5 Å². The van der Waals surface area contributed by atoms with E-state index >= 15 is 0 Å². The molecule has 0 unspecified atom stereocenters. The zero-order valence-corrected chi connectivity index (χ0v) is 11.1. The van der Waals surface area contributed by atoms with Gasteiger partial charge in [-0.2, -0.15) is 13.2 Å². The van der Waals surface area contributed by atoms with E-state index in [2.05, 4.69) is 0 Å². The van der Waals surface area contributed by atoms with Gasteiger partial charge in [0.1, 0.15) is 22.9 Å². The summed E-state index contributed by atoms with van der Waals surface area (Å²) in [6.45, 7) is 1.48. The Balaban J connectivity index is 2.38. The molecule has 0 aliphatic heterocycles. The van der Waals surface area contributed by atoms with Crippen molar-refractivity contribution in [3.63, 3.8) is 0 Å². The van der Waals surface area contributed by atoms with Crippen molar-refractivity contribution in [2.45, 2.75) is 13.1 Å². The van der Waals surface area contributed by atoms with E-state index in [0.717, 1.165) is 12.1 Å². The molecular weight excluding hydrogens is 306 g/mol. The first kappa shape index (κ1) is 15.7. The molecule has 0 amide bonds. The lowest BCUT2D eigenvalue weighted by atomic mass is 10.1. The molecule has 0 saturated carbocycles. The molecule has 116 valence electrons. The van der Waals surface area contributed by atoms with Crippen molar-refractivity contribution >= 4 is 5.69 Å². The molecule has 0 N–H and O–H groups in total. The van der Waals surface area contributed by atoms with Crippen LogP contribution in [-0.2, 0) is 6.18 Å². The van der Waals surface area contributed by atoms with E-state index in [-0.39, 0.29) is 17.1 Å². The second-order valence-corrected chi connectivity index (χ2v) is 4.45. The first-order chi connectivity index (χ1) is 10.2. The van der Waals surface area contributed by atoms with E-state index in [1.807, 2.05) is 0 Å². The summed E-state index contributed by atoms with van der Waals surface area (Å²) < 4.78 is 56.4. The molecule has 0 aromatic heterocycles. The Hall–Kier alpha value is -2.64. The number of nitrogens with zero attached hydrogens (tertiary/aromatic N) is 1. The smallest absolute Gasteiger partial charge is 0.423 e. The molecule has 0 heterocycles. The number of ether oxygens (including phenoxy) is 1. The largest absolute Gasteiger partial charge is 0.457 e. The zero-order chi connectivity index (χ0) is 16.5. The Bertz CT molecular complexity index is 729. The normalized spacial score (nSPS) is 11.3. The lowest BCUT2D eigenvalue weighted by molar-refractivity contribution is -0.388. The van der Waals surface area contributed by atoms with Crippen LogP contribution < -0.4 is 4.74 Å². The predicted octanol–water partition coefficient (Wildman–Crippen LogP) is 4.85. The van der Waals surface area contributed by atoms with Gasteiger partial charge in [0.2, 0.25) is 0 Å². The number of hydrogen-bond donors (Lipinski definition) is 0. The maximum absolute atomic E-state index is 13.1. The molecule has 0 radical (unpaired) electrons. The first-order valence-corrected chi connectivity index (χ1v) is 5.98. The molecular formula is C14H9F4NO3. The van der Waals surface area contributed by atoms with Crippen LogP contribution in [0.3, 0.4) is 0 Å². The third-order valence-corrected chi connectivity index (χ3v) is 2.84. The van der Waals surface area contributed by atoms with E-state index in [4.69, 9.17) is 4.74 Å². The lowest BCUT2D eigenvalue weighted by Crippen LogP contribution is -2.08. The summed E-state index contributed by atoms with van der Waals surface area (Å²) in [7, 11) is 0. The van der Waals surface area contributed by atoms with Gasteiger partial charge in [-0.25, -0.2) is 4.39 Å². The fraction of sp³-hybridized carbons (Fsp3) is 0.143. The van der Waals surface area contributed by atoms with Crippen LogP contribution in [0.5, 0.6) is 11.5 Å². The molecule has 0 saturated heterocycles. The predicted molar refractivity (Wildman–Crippen MR) is 69.3 cm³/mol. The summed E-state index contributed by atoms with van der Waals surface area (Å²) in [5.74, 6) is -0.454. The van der Waals surface area contributed by atoms with E-state index < -0.39 is 28.2 Å². The minimum atomic E-state index is -4.84. The molecule has 2 aromatic rings. The minimum absolute atomic E-state index is 0.147. The van der Waals surface area contributed by atoms with Crippen LogP contribution in [0, 0.1) is 22.9 Å². The Morgan fingerprint density at radius 2 is 1.68 bits per heavy atom. The average Bonchev–Trinajstić information content (AvgIpc) is 2.41. The quantitative estimate of drug-likeness (QED) is 0.462. The molecule has 2 rings (SSSR count). The highest BCUT2D eigenvalue weighted by molar-refractivity contribution is 5.48. The van der Waals surface area contributed by atoms with Crippen LogP contribution in [0.15, 0.2) is 36.4 Å². The SMILES string of the molecule is Cc1cc(Oc2ccc(C(F)(F)F)c([N+](=O)[O-])c2)ccc1F. The number of halogens is 4. The summed E-state index contributed by atoms with van der Waals surface area (Å²) in [6.07, 6.45) is -4.84. The van der Waals surface area contributed by atoms with E-state index in [0.29, 0.717) is 12.1 Å². The van der Waals surface area contributed by atoms with Crippen molar-refractivity contribution in [3.8, 4) is 11.5 Å². The zero-order valence-electron chi connectivity index (χ0n) is 11.1. The number of nitro groups is 1. The first-order valence-electron chi connectivity index (χ1n) is 5.98. The number of alkyl halides is 3. The van der Waals surface area contributed by atoms with Crippen LogP contribution >= 0.6 is 0 Å². The molecule has 22 heavy (non-hydrogen) atoms. The van der Waals surface area contributed by atoms with E-state index in [1.54, 1.807) is 0 Å².